The molecule has 0 radical (unpaired) electrons. The number of ketones is 1. The van der Waals surface area contributed by atoms with Gasteiger partial charge in [0.25, 0.3) is 5.91 Å². The highest BCUT2D eigenvalue weighted by molar-refractivity contribution is 6.31. The molecule has 3 aliphatic rings. The summed E-state index contributed by atoms with van der Waals surface area (Å²) in [6.45, 7) is -0.249. The second kappa shape index (κ2) is 7.85. The van der Waals surface area contributed by atoms with E-state index < -0.39 is 5.82 Å². The van der Waals surface area contributed by atoms with E-state index in [0.29, 0.717) is 35.3 Å². The van der Waals surface area contributed by atoms with E-state index in [9.17, 15) is 18.8 Å². The van der Waals surface area contributed by atoms with Crippen molar-refractivity contribution in [2.45, 2.75) is 31.2 Å². The Bertz CT molecular complexity index is 1350. The normalized spacial score (nSPS) is 22.9. The first-order valence-electron chi connectivity index (χ1n) is 10.3. The largest absolute Gasteiger partial charge is 0.484 e. The Hall–Kier alpha value is -2.90. The molecule has 0 unspecified atom stereocenters. The van der Waals surface area contributed by atoms with Gasteiger partial charge in [0.1, 0.15) is 17.1 Å². The quantitative estimate of drug-likeness (QED) is 0.475. The van der Waals surface area contributed by atoms with Crippen molar-refractivity contribution in [2.24, 2.45) is 5.41 Å². The van der Waals surface area contributed by atoms with Gasteiger partial charge in [0.05, 0.1) is 10.4 Å². The molecule has 1 heterocycles. The first-order valence-corrected chi connectivity index (χ1v) is 11.1. The van der Waals surface area contributed by atoms with E-state index >= 15 is 0 Å². The van der Waals surface area contributed by atoms with Crippen molar-refractivity contribution in [3.8, 4) is 5.75 Å². The standard InChI is InChI=1S/C24H18Cl2FNO5/c25-13-1-4-20-15(5-13)18(29)7-21(33-20)19(30)8-23-10-24(11-23,12-23)28-22(31)9-32-14-2-3-16(26)17(27)6-14/h1-7H,8-12H2,(H,28,31). The molecule has 2 bridgehead atoms. The predicted octanol–water partition coefficient (Wildman–Crippen LogP) is 4.93. The zero-order chi connectivity index (χ0) is 23.4. The number of nitrogens with one attached hydrogen (secondary N) is 1. The van der Waals surface area contributed by atoms with Crippen LogP contribution in [0.15, 0.2) is 51.7 Å². The van der Waals surface area contributed by atoms with Crippen LogP contribution in [-0.4, -0.2) is 23.8 Å². The Morgan fingerprint density at radius 3 is 2.58 bits per heavy atom. The SMILES string of the molecule is O=C(COc1ccc(Cl)c(F)c1)NC12CC(CC(=O)c3cc(=O)c4cc(Cl)ccc4o3)(C1)C2. The van der Waals surface area contributed by atoms with Crippen molar-refractivity contribution in [3.63, 3.8) is 0 Å². The van der Waals surface area contributed by atoms with Crippen molar-refractivity contribution in [1.29, 1.82) is 0 Å². The molecule has 0 aliphatic heterocycles. The average Bonchev–Trinajstić information content (AvgIpc) is 2.72. The summed E-state index contributed by atoms with van der Waals surface area (Å²) in [4.78, 5) is 37.4. The van der Waals surface area contributed by atoms with Crippen molar-refractivity contribution in [2.75, 3.05) is 6.61 Å². The third kappa shape index (κ3) is 4.11. The van der Waals surface area contributed by atoms with Gasteiger partial charge in [0.2, 0.25) is 0 Å². The van der Waals surface area contributed by atoms with Gasteiger partial charge >= 0.3 is 0 Å². The van der Waals surface area contributed by atoms with Crippen LogP contribution in [0.5, 0.6) is 5.75 Å². The Kier molecular flexibility index (Phi) is 5.21. The van der Waals surface area contributed by atoms with Gasteiger partial charge in [0.15, 0.2) is 23.6 Å². The topological polar surface area (TPSA) is 85.6 Å². The molecule has 9 heteroatoms. The minimum absolute atomic E-state index is 0.0205. The third-order valence-electron chi connectivity index (χ3n) is 6.31. The van der Waals surface area contributed by atoms with Crippen LogP contribution in [-0.2, 0) is 4.79 Å². The van der Waals surface area contributed by atoms with Gasteiger partial charge in [-0.15, -0.1) is 0 Å². The maximum absolute atomic E-state index is 13.5. The monoisotopic (exact) mass is 489 g/mol. The Morgan fingerprint density at radius 1 is 1.09 bits per heavy atom. The lowest BCUT2D eigenvalue weighted by Crippen LogP contribution is -2.75. The molecular weight excluding hydrogens is 472 g/mol. The fourth-order valence-corrected chi connectivity index (χ4v) is 5.35. The number of hydrogen-bond donors (Lipinski definition) is 1. The fourth-order valence-electron chi connectivity index (χ4n) is 5.06. The van der Waals surface area contributed by atoms with Crippen molar-refractivity contribution < 1.29 is 23.1 Å². The Balaban J connectivity index is 1.15. The molecule has 170 valence electrons. The number of carbonyl (C=O) groups is 2. The number of ether oxygens (including phenoxy) is 1. The van der Waals surface area contributed by atoms with E-state index in [1.807, 2.05) is 0 Å². The van der Waals surface area contributed by atoms with Crippen LogP contribution in [0.4, 0.5) is 4.39 Å². The molecule has 1 amide bonds. The molecule has 33 heavy (non-hydrogen) atoms. The first kappa shape index (κ1) is 21.9. The Labute approximate surface area is 197 Å². The number of amides is 1. The fraction of sp³-hybridized carbons (Fsp3) is 0.292. The molecule has 0 saturated heterocycles. The van der Waals surface area contributed by atoms with E-state index in [1.165, 1.54) is 24.3 Å². The van der Waals surface area contributed by atoms with E-state index in [-0.39, 0.29) is 57.6 Å². The van der Waals surface area contributed by atoms with E-state index in [1.54, 1.807) is 12.1 Å². The van der Waals surface area contributed by atoms with Crippen molar-refractivity contribution in [3.05, 3.63) is 74.3 Å². The van der Waals surface area contributed by atoms with Crippen LogP contribution < -0.4 is 15.5 Å². The number of hydrogen-bond acceptors (Lipinski definition) is 5. The smallest absolute Gasteiger partial charge is 0.258 e. The maximum atomic E-state index is 13.5. The summed E-state index contributed by atoms with van der Waals surface area (Å²) in [7, 11) is 0. The Morgan fingerprint density at radius 2 is 1.85 bits per heavy atom. The van der Waals surface area contributed by atoms with E-state index in [2.05, 4.69) is 5.32 Å². The van der Waals surface area contributed by atoms with Crippen LogP contribution in [0, 0.1) is 11.2 Å². The molecule has 3 saturated carbocycles. The number of halogens is 3. The zero-order valence-electron chi connectivity index (χ0n) is 17.3. The summed E-state index contributed by atoms with van der Waals surface area (Å²) in [6, 6.07) is 9.86. The van der Waals surface area contributed by atoms with Gasteiger partial charge in [-0.2, -0.15) is 0 Å². The molecule has 1 aromatic heterocycles. The first-order chi connectivity index (χ1) is 15.7. The summed E-state index contributed by atoms with van der Waals surface area (Å²) in [5.41, 5.74) is -0.536. The molecular formula is C24H18Cl2FNO5. The summed E-state index contributed by atoms with van der Waals surface area (Å²) < 4.78 is 24.4. The second-order valence-corrected chi connectivity index (χ2v) is 9.78. The highest BCUT2D eigenvalue weighted by Crippen LogP contribution is 2.69. The highest BCUT2D eigenvalue weighted by atomic mass is 35.5. The van der Waals surface area contributed by atoms with Crippen LogP contribution in [0.25, 0.3) is 11.0 Å². The lowest BCUT2D eigenvalue weighted by Gasteiger charge is -2.70. The van der Waals surface area contributed by atoms with Gasteiger partial charge in [-0.1, -0.05) is 23.2 Å². The lowest BCUT2D eigenvalue weighted by atomic mass is 9.38. The zero-order valence-corrected chi connectivity index (χ0v) is 18.8. The summed E-state index contributed by atoms with van der Waals surface area (Å²) in [5, 5.41) is 3.68. The molecule has 6 nitrogen and oxygen atoms in total. The molecule has 0 atom stereocenters. The van der Waals surface area contributed by atoms with Gasteiger partial charge in [-0.25, -0.2) is 4.39 Å². The van der Waals surface area contributed by atoms with E-state index in [0.717, 1.165) is 6.07 Å². The van der Waals surface area contributed by atoms with Crippen LogP contribution in [0.2, 0.25) is 10.0 Å². The summed E-state index contributed by atoms with van der Waals surface area (Å²) >= 11 is 11.5. The minimum Gasteiger partial charge on any atom is -0.484 e. The molecule has 3 aromatic rings. The van der Waals surface area contributed by atoms with Crippen LogP contribution in [0.1, 0.15) is 36.2 Å². The van der Waals surface area contributed by atoms with Gasteiger partial charge in [0, 0.05) is 29.1 Å². The number of fused-ring (bicyclic) bond motifs is 1. The molecule has 2 aromatic carbocycles. The summed E-state index contributed by atoms with van der Waals surface area (Å²) in [6.07, 6.45) is 2.24. The maximum Gasteiger partial charge on any atom is 0.258 e. The molecule has 3 fully saturated rings. The minimum atomic E-state index is -0.619. The number of rotatable bonds is 7. The van der Waals surface area contributed by atoms with Crippen LogP contribution in [0.3, 0.4) is 0 Å². The van der Waals surface area contributed by atoms with Gasteiger partial charge in [-0.05, 0) is 55.0 Å². The van der Waals surface area contributed by atoms with Gasteiger partial charge in [-0.3, -0.25) is 14.4 Å². The number of benzene rings is 2. The van der Waals surface area contributed by atoms with E-state index in [4.69, 9.17) is 32.4 Å². The van der Waals surface area contributed by atoms with Crippen molar-refractivity contribution in [1.82, 2.24) is 5.32 Å². The molecule has 6 rings (SSSR count). The van der Waals surface area contributed by atoms with Crippen LogP contribution >= 0.6 is 23.2 Å². The lowest BCUT2D eigenvalue weighted by molar-refractivity contribution is -0.164. The van der Waals surface area contributed by atoms with Gasteiger partial charge < -0.3 is 14.5 Å². The third-order valence-corrected chi connectivity index (χ3v) is 6.85. The molecule has 0 spiro atoms. The molecule has 1 N–H and O–H groups in total. The highest BCUT2D eigenvalue weighted by Gasteiger charge is 2.68. The summed E-state index contributed by atoms with van der Waals surface area (Å²) in [5.74, 6) is -0.931. The predicted molar refractivity (Wildman–Crippen MR) is 121 cm³/mol. The second-order valence-electron chi connectivity index (χ2n) is 8.94. The number of carbonyl (C=O) groups excluding carboxylic acids is 2. The number of Topliss-reactive ketones (excluding diaryl/α,β-unsaturated/α-hetero) is 1. The molecule has 3 aliphatic carbocycles. The average molecular weight is 490 g/mol. The van der Waals surface area contributed by atoms with Crippen molar-refractivity contribution >= 4 is 45.9 Å².